The number of carbonyl (C=O) groups is 1. The van der Waals surface area contributed by atoms with Gasteiger partial charge in [-0.2, -0.15) is 0 Å². The molecular formula is C22H17ClN2O3S. The molecule has 0 bridgehead atoms. The number of carbonyl (C=O) groups excluding carboxylic acids is 1. The van der Waals surface area contributed by atoms with E-state index in [2.05, 4.69) is 9.97 Å². The second-order valence-electron chi connectivity index (χ2n) is 6.61. The molecule has 0 spiro atoms. The minimum atomic E-state index is -0.451. The molecular weight excluding hydrogens is 408 g/mol. The molecule has 2 aromatic carbocycles. The third kappa shape index (κ3) is 4.23. The number of ether oxygens (including phenoxy) is 1. The largest absolute Gasteiger partial charge is 0.457 e. The Labute approximate surface area is 176 Å². The van der Waals surface area contributed by atoms with Crippen molar-refractivity contribution in [3.8, 4) is 0 Å². The van der Waals surface area contributed by atoms with E-state index >= 15 is 0 Å². The summed E-state index contributed by atoms with van der Waals surface area (Å²) >= 11 is 7.10. The maximum atomic E-state index is 12.6. The van der Waals surface area contributed by atoms with Crippen LogP contribution in [-0.2, 0) is 17.8 Å². The van der Waals surface area contributed by atoms with E-state index in [0.29, 0.717) is 37.9 Å². The highest BCUT2D eigenvalue weighted by atomic mass is 35.5. The van der Waals surface area contributed by atoms with Crippen molar-refractivity contribution in [1.82, 2.24) is 9.97 Å². The van der Waals surface area contributed by atoms with Gasteiger partial charge in [0.2, 0.25) is 0 Å². The first-order chi connectivity index (χ1) is 14.0. The van der Waals surface area contributed by atoms with Crippen molar-refractivity contribution in [3.63, 3.8) is 0 Å². The fourth-order valence-electron chi connectivity index (χ4n) is 3.05. The van der Waals surface area contributed by atoms with Crippen molar-refractivity contribution in [2.24, 2.45) is 0 Å². The molecule has 0 unspecified atom stereocenters. The third-order valence-corrected chi connectivity index (χ3v) is 5.95. The molecule has 5 nitrogen and oxygen atoms in total. The van der Waals surface area contributed by atoms with Gasteiger partial charge in [0, 0.05) is 11.4 Å². The Morgan fingerprint density at radius 3 is 2.55 bits per heavy atom. The number of hydrogen-bond donors (Lipinski definition) is 1. The van der Waals surface area contributed by atoms with Crippen LogP contribution in [-0.4, -0.2) is 15.9 Å². The van der Waals surface area contributed by atoms with Crippen LogP contribution in [0, 0.1) is 6.92 Å². The molecule has 0 atom stereocenters. The number of aryl methyl sites for hydroxylation is 1. The van der Waals surface area contributed by atoms with Crippen molar-refractivity contribution in [1.29, 1.82) is 0 Å². The number of aromatic amines is 1. The Morgan fingerprint density at radius 1 is 1.10 bits per heavy atom. The molecule has 0 radical (unpaired) electrons. The van der Waals surface area contributed by atoms with Gasteiger partial charge in [0.15, 0.2) is 0 Å². The van der Waals surface area contributed by atoms with E-state index in [1.54, 1.807) is 19.1 Å². The molecule has 2 aromatic heterocycles. The normalized spacial score (nSPS) is 11.0. The van der Waals surface area contributed by atoms with Crippen molar-refractivity contribution in [2.75, 3.05) is 0 Å². The van der Waals surface area contributed by atoms with Crippen LogP contribution >= 0.6 is 22.9 Å². The van der Waals surface area contributed by atoms with Gasteiger partial charge in [0.25, 0.3) is 5.56 Å². The zero-order chi connectivity index (χ0) is 20.4. The van der Waals surface area contributed by atoms with Gasteiger partial charge in [-0.25, -0.2) is 9.78 Å². The van der Waals surface area contributed by atoms with Crippen LogP contribution in [0.25, 0.3) is 10.2 Å². The van der Waals surface area contributed by atoms with Crippen LogP contribution < -0.4 is 5.56 Å². The first kappa shape index (κ1) is 19.4. The third-order valence-electron chi connectivity index (χ3n) is 4.53. The monoisotopic (exact) mass is 424 g/mol. The number of hydrogen-bond acceptors (Lipinski definition) is 5. The highest BCUT2D eigenvalue weighted by Crippen LogP contribution is 2.28. The van der Waals surface area contributed by atoms with E-state index in [0.717, 1.165) is 11.1 Å². The van der Waals surface area contributed by atoms with Crippen LogP contribution in [0.1, 0.15) is 32.2 Å². The lowest BCUT2D eigenvalue weighted by Crippen LogP contribution is -2.12. The maximum Gasteiger partial charge on any atom is 0.349 e. The molecule has 4 aromatic rings. The zero-order valence-electron chi connectivity index (χ0n) is 15.6. The number of benzene rings is 2. The summed E-state index contributed by atoms with van der Waals surface area (Å²) in [5.74, 6) is 0.0864. The molecule has 29 heavy (non-hydrogen) atoms. The molecule has 4 rings (SSSR count). The summed E-state index contributed by atoms with van der Waals surface area (Å²) in [6.07, 6.45) is 0.465. The predicted octanol–water partition coefficient (Wildman–Crippen LogP) is 4.89. The summed E-state index contributed by atoms with van der Waals surface area (Å²) in [5.41, 5.74) is 2.22. The lowest BCUT2D eigenvalue weighted by Gasteiger charge is -2.03. The number of fused-ring (bicyclic) bond motifs is 1. The van der Waals surface area contributed by atoms with Crippen LogP contribution in [0.15, 0.2) is 59.4 Å². The van der Waals surface area contributed by atoms with Crippen molar-refractivity contribution < 1.29 is 9.53 Å². The van der Waals surface area contributed by atoms with Crippen LogP contribution in [0.5, 0.6) is 0 Å². The van der Waals surface area contributed by atoms with Gasteiger partial charge >= 0.3 is 5.97 Å². The number of aromatic nitrogens is 2. The van der Waals surface area contributed by atoms with Gasteiger partial charge in [0.1, 0.15) is 22.1 Å². The Balaban J connectivity index is 1.60. The van der Waals surface area contributed by atoms with Gasteiger partial charge in [-0.05, 0) is 35.7 Å². The second kappa shape index (κ2) is 8.19. The number of esters is 1. The Bertz CT molecular complexity index is 1230. The smallest absolute Gasteiger partial charge is 0.349 e. The fraction of sp³-hybridized carbons (Fsp3) is 0.136. The Morgan fingerprint density at radius 2 is 1.83 bits per heavy atom. The molecule has 0 saturated carbocycles. The standard InChI is InChI=1S/C22H17ClN2O3S/c1-13-18-20(26)24-17(11-14-7-9-16(23)10-8-14)25-21(18)29-19(13)22(27)28-12-15-5-3-2-4-6-15/h2-10H,11-12H2,1H3,(H,24,25,26). The first-order valence-electron chi connectivity index (χ1n) is 8.99. The van der Waals surface area contributed by atoms with E-state index in [-0.39, 0.29) is 12.2 Å². The summed E-state index contributed by atoms with van der Waals surface area (Å²) in [7, 11) is 0. The highest BCUT2D eigenvalue weighted by Gasteiger charge is 2.20. The van der Waals surface area contributed by atoms with Gasteiger partial charge in [0.05, 0.1) is 5.39 Å². The van der Waals surface area contributed by atoms with E-state index in [4.69, 9.17) is 16.3 Å². The Hall–Kier alpha value is -2.96. The summed E-state index contributed by atoms with van der Waals surface area (Å²) in [6.45, 7) is 1.92. The molecule has 1 N–H and O–H groups in total. The molecule has 146 valence electrons. The zero-order valence-corrected chi connectivity index (χ0v) is 17.1. The number of H-pyrrole nitrogens is 1. The molecule has 7 heteroatoms. The number of nitrogens with zero attached hydrogens (tertiary/aromatic N) is 1. The average molecular weight is 425 g/mol. The summed E-state index contributed by atoms with van der Waals surface area (Å²) in [6, 6.07) is 16.8. The topological polar surface area (TPSA) is 72.0 Å². The van der Waals surface area contributed by atoms with E-state index in [9.17, 15) is 9.59 Å². The van der Waals surface area contributed by atoms with Crippen molar-refractivity contribution >= 4 is 39.1 Å². The molecule has 0 aliphatic carbocycles. The van der Waals surface area contributed by atoms with E-state index in [1.807, 2.05) is 42.5 Å². The SMILES string of the molecule is Cc1c(C(=O)OCc2ccccc2)sc2nc(Cc3ccc(Cl)cc3)[nH]c(=O)c12. The van der Waals surface area contributed by atoms with Gasteiger partial charge < -0.3 is 9.72 Å². The lowest BCUT2D eigenvalue weighted by atomic mass is 10.1. The average Bonchev–Trinajstić information content (AvgIpc) is 3.05. The summed E-state index contributed by atoms with van der Waals surface area (Å²) in [5, 5.41) is 1.08. The number of rotatable bonds is 5. The summed E-state index contributed by atoms with van der Waals surface area (Å²) in [4.78, 5) is 33.5. The summed E-state index contributed by atoms with van der Waals surface area (Å²) < 4.78 is 5.42. The Kier molecular flexibility index (Phi) is 5.47. The predicted molar refractivity (Wildman–Crippen MR) is 115 cm³/mol. The van der Waals surface area contributed by atoms with Gasteiger partial charge in [-0.3, -0.25) is 4.79 Å². The maximum absolute atomic E-state index is 12.6. The molecule has 0 aliphatic rings. The van der Waals surface area contributed by atoms with E-state index < -0.39 is 5.97 Å². The molecule has 0 aliphatic heterocycles. The van der Waals surface area contributed by atoms with Crippen LogP contribution in [0.4, 0.5) is 0 Å². The van der Waals surface area contributed by atoms with Crippen molar-refractivity contribution in [2.45, 2.75) is 20.0 Å². The molecule has 2 heterocycles. The molecule has 0 amide bonds. The van der Waals surface area contributed by atoms with Gasteiger partial charge in [-0.1, -0.05) is 54.1 Å². The fourth-order valence-corrected chi connectivity index (χ4v) is 4.27. The number of nitrogens with one attached hydrogen (secondary N) is 1. The quantitative estimate of drug-likeness (QED) is 0.463. The van der Waals surface area contributed by atoms with Crippen LogP contribution in [0.3, 0.4) is 0 Å². The lowest BCUT2D eigenvalue weighted by molar-refractivity contribution is 0.0478. The molecule has 0 saturated heterocycles. The van der Waals surface area contributed by atoms with E-state index in [1.165, 1.54) is 11.3 Å². The van der Waals surface area contributed by atoms with Gasteiger partial charge in [-0.15, -0.1) is 11.3 Å². The number of halogens is 1. The van der Waals surface area contributed by atoms with Crippen LogP contribution in [0.2, 0.25) is 5.02 Å². The second-order valence-corrected chi connectivity index (χ2v) is 8.05. The highest BCUT2D eigenvalue weighted by molar-refractivity contribution is 7.20. The minimum absolute atomic E-state index is 0.180. The first-order valence-corrected chi connectivity index (χ1v) is 10.2. The number of thiophene rings is 1. The molecule has 0 fully saturated rings. The minimum Gasteiger partial charge on any atom is -0.457 e. The van der Waals surface area contributed by atoms with Crippen molar-refractivity contribution in [3.05, 3.63) is 97.4 Å².